The van der Waals surface area contributed by atoms with Crippen LogP contribution in [0.4, 0.5) is 0 Å². The van der Waals surface area contributed by atoms with Crippen molar-refractivity contribution in [1.82, 2.24) is 9.91 Å². The van der Waals surface area contributed by atoms with Crippen LogP contribution in [-0.4, -0.2) is 53.6 Å². The van der Waals surface area contributed by atoms with E-state index < -0.39 is 0 Å². The molecule has 6 nitrogen and oxygen atoms in total. The van der Waals surface area contributed by atoms with Gasteiger partial charge in [0.15, 0.2) is 0 Å². The molecular formula is C20H29ClN4O2. The summed E-state index contributed by atoms with van der Waals surface area (Å²) in [6, 6.07) is 10.4. The lowest BCUT2D eigenvalue weighted by atomic mass is 9.85. The van der Waals surface area contributed by atoms with Gasteiger partial charge < -0.3 is 10.6 Å². The summed E-state index contributed by atoms with van der Waals surface area (Å²) >= 11 is 0. The number of benzene rings is 1. The molecule has 2 unspecified atom stereocenters. The molecule has 0 radical (unpaired) electrons. The third-order valence-corrected chi connectivity index (χ3v) is 5.45. The molecule has 2 heterocycles. The second kappa shape index (κ2) is 9.85. The average Bonchev–Trinajstić information content (AvgIpc) is 2.68. The normalized spacial score (nSPS) is 21.3. The maximum absolute atomic E-state index is 13.1. The molecule has 0 bridgehead atoms. The minimum Gasteiger partial charge on any atom is -0.334 e. The van der Waals surface area contributed by atoms with Crippen LogP contribution in [0.25, 0.3) is 0 Å². The SMILES string of the molecule is CN1N=C(C(=O)N2CCCCC2C(CN)Cc2ccccc2)CCC1=O.Cl. The lowest BCUT2D eigenvalue weighted by molar-refractivity contribution is -0.131. The van der Waals surface area contributed by atoms with E-state index in [-0.39, 0.29) is 36.2 Å². The lowest BCUT2D eigenvalue weighted by Crippen LogP contribution is -2.52. The van der Waals surface area contributed by atoms with Crippen LogP contribution in [0.5, 0.6) is 0 Å². The summed E-state index contributed by atoms with van der Waals surface area (Å²) in [6.07, 6.45) is 4.75. The number of carbonyl (C=O) groups excluding carboxylic acids is 2. The first-order valence-electron chi connectivity index (χ1n) is 9.49. The standard InChI is InChI=1S/C20H28N4O2.ClH/c1-23-19(25)11-10-17(22-23)20(26)24-12-6-5-9-18(24)16(14-21)13-15-7-3-2-4-8-15;/h2-4,7-8,16,18H,5-6,9-14,21H2,1H3;1H. The fraction of sp³-hybridized carbons (Fsp3) is 0.550. The van der Waals surface area contributed by atoms with E-state index in [9.17, 15) is 9.59 Å². The molecule has 2 aliphatic rings. The Morgan fingerprint density at radius 3 is 2.67 bits per heavy atom. The Hall–Kier alpha value is -1.92. The van der Waals surface area contributed by atoms with E-state index in [2.05, 4.69) is 17.2 Å². The number of amides is 2. The van der Waals surface area contributed by atoms with Gasteiger partial charge in [-0.15, -0.1) is 12.4 Å². The van der Waals surface area contributed by atoms with Crippen molar-refractivity contribution >= 4 is 29.9 Å². The first-order valence-corrected chi connectivity index (χ1v) is 9.49. The summed E-state index contributed by atoms with van der Waals surface area (Å²) < 4.78 is 0. The van der Waals surface area contributed by atoms with Crippen LogP contribution in [0.15, 0.2) is 35.4 Å². The highest BCUT2D eigenvalue weighted by molar-refractivity contribution is 6.39. The van der Waals surface area contributed by atoms with Gasteiger partial charge in [0.2, 0.25) is 5.91 Å². The van der Waals surface area contributed by atoms with Gasteiger partial charge in [0.05, 0.1) is 0 Å². The predicted octanol–water partition coefficient (Wildman–Crippen LogP) is 2.22. The van der Waals surface area contributed by atoms with Gasteiger partial charge >= 0.3 is 0 Å². The third-order valence-electron chi connectivity index (χ3n) is 5.45. The first kappa shape index (κ1) is 21.4. The van der Waals surface area contributed by atoms with E-state index >= 15 is 0 Å². The van der Waals surface area contributed by atoms with Crippen molar-refractivity contribution in [2.45, 2.75) is 44.6 Å². The van der Waals surface area contributed by atoms with Gasteiger partial charge in [-0.2, -0.15) is 5.10 Å². The van der Waals surface area contributed by atoms with Crippen LogP contribution >= 0.6 is 12.4 Å². The van der Waals surface area contributed by atoms with Crippen molar-refractivity contribution in [3.8, 4) is 0 Å². The van der Waals surface area contributed by atoms with Crippen LogP contribution in [0, 0.1) is 5.92 Å². The van der Waals surface area contributed by atoms with Gasteiger partial charge in [0, 0.05) is 32.5 Å². The Balaban J connectivity index is 0.00000261. The Bertz CT molecular complexity index is 680. The van der Waals surface area contributed by atoms with E-state index in [0.717, 1.165) is 32.2 Å². The molecule has 7 heteroatoms. The topological polar surface area (TPSA) is 79.0 Å². The van der Waals surface area contributed by atoms with Gasteiger partial charge in [-0.3, -0.25) is 9.59 Å². The molecule has 0 saturated carbocycles. The number of hydrogen-bond acceptors (Lipinski definition) is 4. The summed E-state index contributed by atoms with van der Waals surface area (Å²) in [5.41, 5.74) is 7.86. The van der Waals surface area contributed by atoms with Crippen molar-refractivity contribution in [2.24, 2.45) is 16.8 Å². The number of nitrogens with zero attached hydrogens (tertiary/aromatic N) is 3. The van der Waals surface area contributed by atoms with Crippen LogP contribution in [-0.2, 0) is 16.0 Å². The number of hydrazone groups is 1. The number of rotatable bonds is 5. The minimum atomic E-state index is -0.0411. The second-order valence-electron chi connectivity index (χ2n) is 7.21. The Morgan fingerprint density at radius 1 is 1.26 bits per heavy atom. The maximum Gasteiger partial charge on any atom is 0.270 e. The molecule has 2 aliphatic heterocycles. The molecule has 1 aromatic rings. The second-order valence-corrected chi connectivity index (χ2v) is 7.21. The number of halogens is 1. The molecule has 0 spiro atoms. The van der Waals surface area contributed by atoms with Crippen LogP contribution in [0.2, 0.25) is 0 Å². The third kappa shape index (κ3) is 5.08. The summed E-state index contributed by atoms with van der Waals surface area (Å²) in [6.45, 7) is 1.29. The monoisotopic (exact) mass is 392 g/mol. The summed E-state index contributed by atoms with van der Waals surface area (Å²) in [4.78, 5) is 26.7. The highest BCUT2D eigenvalue weighted by atomic mass is 35.5. The smallest absolute Gasteiger partial charge is 0.270 e. The highest BCUT2D eigenvalue weighted by Crippen LogP contribution is 2.27. The molecular weight excluding hydrogens is 364 g/mol. The van der Waals surface area contributed by atoms with Crippen molar-refractivity contribution in [3.05, 3.63) is 35.9 Å². The van der Waals surface area contributed by atoms with Crippen LogP contribution in [0.1, 0.15) is 37.7 Å². The average molecular weight is 393 g/mol. The predicted molar refractivity (Wildman–Crippen MR) is 109 cm³/mol. The van der Waals surface area contributed by atoms with E-state index in [1.807, 2.05) is 23.1 Å². The number of likely N-dealkylation sites (tertiary alicyclic amines) is 1. The maximum atomic E-state index is 13.1. The van der Waals surface area contributed by atoms with Gasteiger partial charge in [0.1, 0.15) is 5.71 Å². The summed E-state index contributed by atoms with van der Waals surface area (Å²) in [5.74, 6) is 0.159. The fourth-order valence-electron chi connectivity index (χ4n) is 3.98. The molecule has 0 aliphatic carbocycles. The highest BCUT2D eigenvalue weighted by Gasteiger charge is 2.35. The summed E-state index contributed by atoms with van der Waals surface area (Å²) in [7, 11) is 1.61. The largest absolute Gasteiger partial charge is 0.334 e. The number of hydrogen-bond donors (Lipinski definition) is 1. The van der Waals surface area contributed by atoms with E-state index in [0.29, 0.717) is 25.1 Å². The molecule has 2 N–H and O–H groups in total. The molecule has 2 atom stereocenters. The molecule has 1 fully saturated rings. The fourth-order valence-corrected chi connectivity index (χ4v) is 3.98. The van der Waals surface area contributed by atoms with Crippen LogP contribution < -0.4 is 5.73 Å². The van der Waals surface area contributed by atoms with Crippen molar-refractivity contribution in [1.29, 1.82) is 0 Å². The molecule has 1 aromatic carbocycles. The molecule has 2 amide bonds. The number of nitrogens with two attached hydrogens (primary N) is 1. The van der Waals surface area contributed by atoms with Crippen LogP contribution in [0.3, 0.4) is 0 Å². The molecule has 1 saturated heterocycles. The van der Waals surface area contributed by atoms with Crippen molar-refractivity contribution < 1.29 is 9.59 Å². The van der Waals surface area contributed by atoms with E-state index in [4.69, 9.17) is 5.73 Å². The quantitative estimate of drug-likeness (QED) is 0.834. The molecule has 27 heavy (non-hydrogen) atoms. The minimum absolute atomic E-state index is 0. The Morgan fingerprint density at radius 2 is 2.00 bits per heavy atom. The lowest BCUT2D eigenvalue weighted by Gasteiger charge is -2.41. The molecule has 148 valence electrons. The van der Waals surface area contributed by atoms with Crippen molar-refractivity contribution in [3.63, 3.8) is 0 Å². The summed E-state index contributed by atoms with van der Waals surface area (Å²) in [5, 5.41) is 5.51. The zero-order chi connectivity index (χ0) is 18.5. The molecule has 3 rings (SSSR count). The number of carbonyl (C=O) groups is 2. The Labute approximate surface area is 167 Å². The number of piperidine rings is 1. The van der Waals surface area contributed by atoms with Crippen molar-refractivity contribution in [2.75, 3.05) is 20.1 Å². The van der Waals surface area contributed by atoms with Gasteiger partial charge in [-0.1, -0.05) is 30.3 Å². The Kier molecular flexibility index (Phi) is 7.80. The van der Waals surface area contributed by atoms with Gasteiger partial charge in [-0.25, -0.2) is 5.01 Å². The first-order chi connectivity index (χ1) is 12.6. The van der Waals surface area contributed by atoms with Gasteiger partial charge in [-0.05, 0) is 43.7 Å². The zero-order valence-electron chi connectivity index (χ0n) is 15.8. The van der Waals surface area contributed by atoms with E-state index in [1.165, 1.54) is 10.6 Å². The molecule has 0 aromatic heterocycles. The van der Waals surface area contributed by atoms with Gasteiger partial charge in [0.25, 0.3) is 5.91 Å². The zero-order valence-corrected chi connectivity index (χ0v) is 16.7. The van der Waals surface area contributed by atoms with E-state index in [1.54, 1.807) is 7.05 Å².